The normalized spacial score (nSPS) is 13.7. The van der Waals surface area contributed by atoms with Crippen LogP contribution in [-0.2, 0) is 0 Å². The van der Waals surface area contributed by atoms with Gasteiger partial charge in [0.25, 0.3) is 11.5 Å². The summed E-state index contributed by atoms with van der Waals surface area (Å²) in [6.45, 7) is 5.83. The monoisotopic (exact) mass is 478 g/mol. The Kier molecular flexibility index (Phi) is 5.80. The molecule has 10 heteroatoms. The first-order valence-corrected chi connectivity index (χ1v) is 11.5. The number of anilines is 2. The van der Waals surface area contributed by atoms with Gasteiger partial charge in [-0.25, -0.2) is 13.8 Å². The molecule has 8 nitrogen and oxygen atoms in total. The molecule has 2 aromatic heterocycles. The van der Waals surface area contributed by atoms with E-state index in [2.05, 4.69) is 38.7 Å². The standard InChI is InChI=1S/C25H24F2N6O2/c1-15(2)32-14-28-22-20(32)10-8-18(24(22)31-12-3-4-13-31)29-25(35)19-9-11-21(34)33(30-19)23-16(26)6-5-7-17(23)27/h5-11,14-15H,3-4,12-13H2,1-2H3,(H,29,35). The molecule has 0 atom stereocenters. The van der Waals surface area contributed by atoms with Gasteiger partial charge in [0, 0.05) is 25.2 Å². The first kappa shape index (κ1) is 22.7. The van der Waals surface area contributed by atoms with Crippen LogP contribution in [-0.4, -0.2) is 38.3 Å². The summed E-state index contributed by atoms with van der Waals surface area (Å²) in [6.07, 6.45) is 3.87. The van der Waals surface area contributed by atoms with Crippen LogP contribution in [0.15, 0.2) is 53.6 Å². The van der Waals surface area contributed by atoms with Gasteiger partial charge in [-0.15, -0.1) is 0 Å². The number of imidazole rings is 1. The molecule has 180 valence electrons. The Morgan fingerprint density at radius 1 is 1.00 bits per heavy atom. The van der Waals surface area contributed by atoms with Crippen LogP contribution in [0, 0.1) is 11.6 Å². The number of para-hydroxylation sites is 1. The first-order valence-electron chi connectivity index (χ1n) is 11.5. The third-order valence-corrected chi connectivity index (χ3v) is 6.13. The molecule has 0 saturated carbocycles. The number of fused-ring (bicyclic) bond motifs is 1. The second-order valence-electron chi connectivity index (χ2n) is 8.76. The maximum atomic E-state index is 14.3. The van der Waals surface area contributed by atoms with E-state index in [1.54, 1.807) is 6.33 Å². The maximum absolute atomic E-state index is 14.3. The molecule has 1 saturated heterocycles. The van der Waals surface area contributed by atoms with E-state index in [0.29, 0.717) is 10.4 Å². The van der Waals surface area contributed by atoms with Crippen molar-refractivity contribution in [1.82, 2.24) is 19.3 Å². The zero-order valence-corrected chi connectivity index (χ0v) is 19.3. The number of carbonyl (C=O) groups excluding carboxylic acids is 1. The Hall–Kier alpha value is -4.08. The number of aromatic nitrogens is 4. The van der Waals surface area contributed by atoms with E-state index in [4.69, 9.17) is 0 Å². The summed E-state index contributed by atoms with van der Waals surface area (Å²) in [6, 6.07) is 9.46. The predicted octanol–water partition coefficient (Wildman–Crippen LogP) is 4.29. The molecule has 0 aliphatic carbocycles. The van der Waals surface area contributed by atoms with E-state index in [0.717, 1.165) is 60.9 Å². The van der Waals surface area contributed by atoms with Crippen LogP contribution >= 0.6 is 0 Å². The van der Waals surface area contributed by atoms with Crippen molar-refractivity contribution in [2.45, 2.75) is 32.7 Å². The largest absolute Gasteiger partial charge is 0.368 e. The van der Waals surface area contributed by atoms with E-state index < -0.39 is 28.8 Å². The lowest BCUT2D eigenvalue weighted by molar-refractivity contribution is 0.102. The Bertz CT molecular complexity index is 1470. The molecule has 35 heavy (non-hydrogen) atoms. The van der Waals surface area contributed by atoms with Gasteiger partial charge in [-0.1, -0.05) is 6.07 Å². The van der Waals surface area contributed by atoms with E-state index in [9.17, 15) is 18.4 Å². The fourth-order valence-electron chi connectivity index (χ4n) is 4.43. The van der Waals surface area contributed by atoms with Gasteiger partial charge in [-0.2, -0.15) is 9.78 Å². The van der Waals surface area contributed by atoms with Crippen molar-refractivity contribution < 1.29 is 13.6 Å². The molecule has 0 bridgehead atoms. The lowest BCUT2D eigenvalue weighted by atomic mass is 10.2. The molecule has 4 aromatic rings. The van der Waals surface area contributed by atoms with Crippen molar-refractivity contribution in [3.8, 4) is 5.69 Å². The summed E-state index contributed by atoms with van der Waals surface area (Å²) in [5.41, 5.74) is 1.56. The highest BCUT2D eigenvalue weighted by Crippen LogP contribution is 2.37. The minimum atomic E-state index is -0.959. The highest BCUT2D eigenvalue weighted by atomic mass is 19.1. The van der Waals surface area contributed by atoms with Gasteiger partial charge < -0.3 is 14.8 Å². The summed E-state index contributed by atoms with van der Waals surface area (Å²) in [5.74, 6) is -2.53. The van der Waals surface area contributed by atoms with Gasteiger partial charge in [0.2, 0.25) is 0 Å². The molecular weight excluding hydrogens is 454 g/mol. The van der Waals surface area contributed by atoms with Crippen molar-refractivity contribution in [3.63, 3.8) is 0 Å². The van der Waals surface area contributed by atoms with Gasteiger partial charge in [0.1, 0.15) is 16.9 Å². The molecule has 0 spiro atoms. The fourth-order valence-corrected chi connectivity index (χ4v) is 4.43. The molecular formula is C25H24F2N6O2. The number of benzene rings is 2. The SMILES string of the molecule is CC(C)n1cnc2c(N3CCCC3)c(NC(=O)c3ccc(=O)n(-c4c(F)cccc4F)n3)ccc21. The second-order valence-corrected chi connectivity index (χ2v) is 8.76. The van der Waals surface area contributed by atoms with E-state index in [-0.39, 0.29) is 11.7 Å². The molecule has 1 fully saturated rings. The molecule has 5 rings (SSSR count). The number of rotatable bonds is 5. The van der Waals surface area contributed by atoms with Crippen LogP contribution in [0.25, 0.3) is 16.7 Å². The van der Waals surface area contributed by atoms with Crippen molar-refractivity contribution in [3.05, 3.63) is 76.5 Å². The number of carbonyl (C=O) groups is 1. The highest BCUT2D eigenvalue weighted by Gasteiger charge is 2.24. The van der Waals surface area contributed by atoms with Gasteiger partial charge in [-0.05, 0) is 57.0 Å². The van der Waals surface area contributed by atoms with Crippen LogP contribution in [0.1, 0.15) is 43.2 Å². The number of nitrogens with zero attached hydrogens (tertiary/aromatic N) is 5. The zero-order chi connectivity index (χ0) is 24.7. The summed E-state index contributed by atoms with van der Waals surface area (Å²) in [7, 11) is 0. The minimum Gasteiger partial charge on any atom is -0.368 e. The number of amides is 1. The molecule has 1 aliphatic heterocycles. The summed E-state index contributed by atoms with van der Waals surface area (Å²) < 4.78 is 31.2. The van der Waals surface area contributed by atoms with Crippen molar-refractivity contribution in [2.24, 2.45) is 0 Å². The van der Waals surface area contributed by atoms with Gasteiger partial charge in [0.15, 0.2) is 11.6 Å². The van der Waals surface area contributed by atoms with Crippen LogP contribution in [0.3, 0.4) is 0 Å². The van der Waals surface area contributed by atoms with Crippen LogP contribution in [0.5, 0.6) is 0 Å². The molecule has 2 aromatic carbocycles. The highest BCUT2D eigenvalue weighted by molar-refractivity contribution is 6.08. The molecule has 0 radical (unpaired) electrons. The lowest BCUT2D eigenvalue weighted by Gasteiger charge is -2.22. The molecule has 1 aliphatic rings. The van der Waals surface area contributed by atoms with Crippen molar-refractivity contribution in [2.75, 3.05) is 23.3 Å². The quantitative estimate of drug-likeness (QED) is 0.463. The zero-order valence-electron chi connectivity index (χ0n) is 19.3. The Balaban J connectivity index is 1.55. The third-order valence-electron chi connectivity index (χ3n) is 6.13. The summed E-state index contributed by atoms with van der Waals surface area (Å²) in [5, 5.41) is 6.82. The maximum Gasteiger partial charge on any atom is 0.276 e. The molecule has 0 unspecified atom stereocenters. The van der Waals surface area contributed by atoms with Crippen LogP contribution in [0.2, 0.25) is 0 Å². The third kappa shape index (κ3) is 4.05. The smallest absolute Gasteiger partial charge is 0.276 e. The van der Waals surface area contributed by atoms with E-state index in [1.807, 2.05) is 12.1 Å². The second kappa shape index (κ2) is 8.94. The van der Waals surface area contributed by atoms with Crippen molar-refractivity contribution >= 4 is 28.3 Å². The van der Waals surface area contributed by atoms with Gasteiger partial charge >= 0.3 is 0 Å². The van der Waals surface area contributed by atoms with E-state index in [1.165, 1.54) is 12.1 Å². The van der Waals surface area contributed by atoms with Crippen LogP contribution in [0.4, 0.5) is 20.2 Å². The number of halogens is 2. The number of nitrogens with one attached hydrogen (secondary N) is 1. The Morgan fingerprint density at radius 2 is 1.71 bits per heavy atom. The number of hydrogen-bond acceptors (Lipinski definition) is 5. The fraction of sp³-hybridized carbons (Fsp3) is 0.280. The van der Waals surface area contributed by atoms with Crippen molar-refractivity contribution in [1.29, 1.82) is 0 Å². The number of hydrogen-bond donors (Lipinski definition) is 1. The first-order chi connectivity index (χ1) is 16.8. The predicted molar refractivity (Wildman–Crippen MR) is 129 cm³/mol. The molecule has 3 heterocycles. The van der Waals surface area contributed by atoms with Gasteiger partial charge in [-0.3, -0.25) is 9.59 Å². The summed E-state index contributed by atoms with van der Waals surface area (Å²) >= 11 is 0. The Morgan fingerprint density at radius 3 is 2.40 bits per heavy atom. The van der Waals surface area contributed by atoms with E-state index >= 15 is 0 Å². The lowest BCUT2D eigenvalue weighted by Crippen LogP contribution is -2.27. The summed E-state index contributed by atoms with van der Waals surface area (Å²) in [4.78, 5) is 32.3. The average Bonchev–Trinajstić information content (AvgIpc) is 3.50. The average molecular weight is 479 g/mol. The topological polar surface area (TPSA) is 85.0 Å². The molecule has 1 N–H and O–H groups in total. The minimum absolute atomic E-state index is 0.160. The van der Waals surface area contributed by atoms with Crippen LogP contribution < -0.4 is 15.8 Å². The Labute approximate surface area is 199 Å². The molecule has 1 amide bonds. The van der Waals surface area contributed by atoms with Gasteiger partial charge in [0.05, 0.1) is 23.2 Å².